The topological polar surface area (TPSA) is 113 Å². The molecule has 10 heteroatoms. The van der Waals surface area contributed by atoms with Gasteiger partial charge in [-0.05, 0) is 42.5 Å². The highest BCUT2D eigenvalue weighted by Crippen LogP contribution is 2.45. The number of nitrogen functional groups attached to an aromatic ring is 1. The molecule has 0 amide bonds. The van der Waals surface area contributed by atoms with E-state index in [0.29, 0.717) is 35.3 Å². The summed E-state index contributed by atoms with van der Waals surface area (Å²) >= 11 is 1.08. The molecule has 2 unspecified atom stereocenters. The van der Waals surface area contributed by atoms with E-state index in [0.717, 1.165) is 15.6 Å². The first-order chi connectivity index (χ1) is 12.8. The number of likely N-dealkylation sites (N-methyl/N-ethyl adjacent to an activating group) is 1. The molecule has 27 heavy (non-hydrogen) atoms. The molecule has 0 saturated carbocycles. The lowest BCUT2D eigenvalue weighted by Crippen LogP contribution is -2.32. The molecule has 146 valence electrons. The predicted octanol–water partition coefficient (Wildman–Crippen LogP) is 2.97. The zero-order valence-corrected chi connectivity index (χ0v) is 16.3. The second-order valence-electron chi connectivity index (χ2n) is 6.50. The number of hydrogen-bond donors (Lipinski definition) is 2. The molecule has 1 heterocycles. The Morgan fingerprint density at radius 3 is 2.70 bits per heavy atom. The predicted molar refractivity (Wildman–Crippen MR) is 101 cm³/mol. The molecule has 1 aromatic carbocycles. The van der Waals surface area contributed by atoms with Gasteiger partial charge in [-0.2, -0.15) is 9.21 Å². The number of nitrogens with two attached hydrogens (primary N) is 1. The first kappa shape index (κ1) is 19.9. The van der Waals surface area contributed by atoms with Gasteiger partial charge in [-0.15, -0.1) is 11.3 Å². The second kappa shape index (κ2) is 7.63. The number of halogens is 1. The molecule has 7 nitrogen and oxygen atoms in total. The van der Waals surface area contributed by atoms with Gasteiger partial charge in [-0.25, -0.2) is 12.8 Å². The van der Waals surface area contributed by atoms with Gasteiger partial charge in [0.2, 0.25) is 10.0 Å². The molecule has 3 N–H and O–H groups in total. The summed E-state index contributed by atoms with van der Waals surface area (Å²) in [5.41, 5.74) is 6.94. The molecule has 0 aliphatic heterocycles. The van der Waals surface area contributed by atoms with Gasteiger partial charge in [-0.3, -0.25) is 0 Å². The molecule has 1 aliphatic carbocycles. The first-order valence-electron chi connectivity index (χ1n) is 8.39. The Balaban J connectivity index is 1.89. The Labute approximate surface area is 160 Å². The highest BCUT2D eigenvalue weighted by Gasteiger charge is 2.35. The molecule has 1 aliphatic rings. The van der Waals surface area contributed by atoms with Crippen LogP contribution in [-0.2, 0) is 16.4 Å². The lowest BCUT2D eigenvalue weighted by Gasteiger charge is -2.23. The summed E-state index contributed by atoms with van der Waals surface area (Å²) in [6, 6.07) is 4.64. The molecular weight excluding hydrogens is 393 g/mol. The maximum absolute atomic E-state index is 13.1. The minimum absolute atomic E-state index is 0.00431. The third-order valence-corrected chi connectivity index (χ3v) is 7.95. The minimum atomic E-state index is -3.97. The normalized spacial score (nSPS) is 18.3. The molecule has 0 radical (unpaired) electrons. The van der Waals surface area contributed by atoms with E-state index in [1.54, 1.807) is 0 Å². The van der Waals surface area contributed by atoms with E-state index in [-0.39, 0.29) is 16.4 Å². The Kier molecular flexibility index (Phi) is 5.61. The summed E-state index contributed by atoms with van der Waals surface area (Å²) < 4.78 is 40.2. The highest BCUT2D eigenvalue weighted by molar-refractivity contribution is 7.89. The van der Waals surface area contributed by atoms with E-state index < -0.39 is 28.0 Å². The van der Waals surface area contributed by atoms with Crippen LogP contribution in [0.5, 0.6) is 0 Å². The van der Waals surface area contributed by atoms with Crippen molar-refractivity contribution in [1.29, 1.82) is 0 Å². The average molecular weight is 413 g/mol. The van der Waals surface area contributed by atoms with E-state index in [1.807, 2.05) is 0 Å². The minimum Gasteiger partial charge on any atom is -0.389 e. The molecule has 0 saturated heterocycles. The van der Waals surface area contributed by atoms with E-state index in [4.69, 9.17) is 5.73 Å². The van der Waals surface area contributed by atoms with E-state index in [9.17, 15) is 22.8 Å². The van der Waals surface area contributed by atoms with Crippen LogP contribution in [0.2, 0.25) is 0 Å². The summed E-state index contributed by atoms with van der Waals surface area (Å²) in [5.74, 6) is -0.442. The van der Waals surface area contributed by atoms with E-state index >= 15 is 0 Å². The summed E-state index contributed by atoms with van der Waals surface area (Å²) in [7, 11) is -2.62. The number of aliphatic hydroxyl groups excluding tert-OH is 1. The van der Waals surface area contributed by atoms with Crippen LogP contribution in [0.25, 0.3) is 0 Å². The summed E-state index contributed by atoms with van der Waals surface area (Å²) in [6.07, 6.45) is 0.627. The monoisotopic (exact) mass is 413 g/mol. The van der Waals surface area contributed by atoms with Crippen LogP contribution >= 0.6 is 11.3 Å². The molecule has 0 fully saturated rings. The molecular formula is C17H20FN3O4S2. The number of hydrogen-bond acceptors (Lipinski definition) is 7. The number of sulfonamides is 1. The SMILES string of the molecule is CN(CC(O)c1ccc(F)cc1)S(=O)(=O)c1c(N)sc2c1CCCC2N=O. The van der Waals surface area contributed by atoms with Gasteiger partial charge in [0.1, 0.15) is 21.8 Å². The number of rotatable bonds is 6. The van der Waals surface area contributed by atoms with Crippen LogP contribution in [0.15, 0.2) is 34.3 Å². The Morgan fingerprint density at radius 1 is 1.41 bits per heavy atom. The van der Waals surface area contributed by atoms with Gasteiger partial charge in [0.15, 0.2) is 0 Å². The van der Waals surface area contributed by atoms with Gasteiger partial charge in [-0.1, -0.05) is 17.3 Å². The standard InChI is InChI=1S/C17H20FN3O4S2/c1-21(9-14(22)10-5-7-11(18)8-6-10)27(24,25)16-12-3-2-4-13(20-23)15(12)26-17(16)19/h5-8,13-14,22H,2-4,9,19H2,1H3. The number of thiophene rings is 1. The van der Waals surface area contributed by atoms with Gasteiger partial charge >= 0.3 is 0 Å². The number of aliphatic hydroxyl groups is 1. The number of anilines is 1. The summed E-state index contributed by atoms with van der Waals surface area (Å²) in [4.78, 5) is 11.7. The van der Waals surface area contributed by atoms with Crippen molar-refractivity contribution in [3.05, 3.63) is 51.0 Å². The van der Waals surface area contributed by atoms with Gasteiger partial charge in [0.05, 0.1) is 6.10 Å². The fourth-order valence-corrected chi connectivity index (χ4v) is 6.28. The van der Waals surface area contributed by atoms with Crippen LogP contribution in [-0.4, -0.2) is 31.4 Å². The average Bonchev–Trinajstić information content (AvgIpc) is 2.98. The fraction of sp³-hybridized carbons (Fsp3) is 0.412. The molecule has 2 aromatic rings. The smallest absolute Gasteiger partial charge is 0.246 e. The van der Waals surface area contributed by atoms with Crippen molar-refractivity contribution in [1.82, 2.24) is 4.31 Å². The largest absolute Gasteiger partial charge is 0.389 e. The second-order valence-corrected chi connectivity index (χ2v) is 9.57. The molecule has 0 bridgehead atoms. The molecule has 2 atom stereocenters. The van der Waals surface area contributed by atoms with Crippen LogP contribution < -0.4 is 5.73 Å². The number of nitrogens with zero attached hydrogens (tertiary/aromatic N) is 2. The Hall–Kier alpha value is -1.88. The van der Waals surface area contributed by atoms with Crippen LogP contribution in [0, 0.1) is 10.7 Å². The van der Waals surface area contributed by atoms with Crippen molar-refractivity contribution in [2.45, 2.75) is 36.3 Å². The Bertz CT molecular complexity index is 944. The highest BCUT2D eigenvalue weighted by atomic mass is 32.2. The fourth-order valence-electron chi connectivity index (χ4n) is 3.27. The van der Waals surface area contributed by atoms with Crippen molar-refractivity contribution >= 4 is 26.4 Å². The molecule has 0 spiro atoms. The van der Waals surface area contributed by atoms with Crippen LogP contribution in [0.1, 0.15) is 41.0 Å². The van der Waals surface area contributed by atoms with Crippen molar-refractivity contribution in [2.24, 2.45) is 5.18 Å². The van der Waals surface area contributed by atoms with Crippen LogP contribution in [0.3, 0.4) is 0 Å². The quantitative estimate of drug-likeness (QED) is 0.707. The maximum atomic E-state index is 13.1. The van der Waals surface area contributed by atoms with Gasteiger partial charge < -0.3 is 10.8 Å². The maximum Gasteiger partial charge on any atom is 0.246 e. The molecule has 1 aromatic heterocycles. The van der Waals surface area contributed by atoms with Crippen molar-refractivity contribution in [3.8, 4) is 0 Å². The molecule has 3 rings (SSSR count). The van der Waals surface area contributed by atoms with Crippen LogP contribution in [0.4, 0.5) is 9.39 Å². The number of benzene rings is 1. The first-order valence-corrected chi connectivity index (χ1v) is 10.6. The van der Waals surface area contributed by atoms with Crippen molar-refractivity contribution in [3.63, 3.8) is 0 Å². The van der Waals surface area contributed by atoms with Crippen molar-refractivity contribution < 1.29 is 17.9 Å². The lowest BCUT2D eigenvalue weighted by atomic mass is 9.95. The van der Waals surface area contributed by atoms with E-state index in [1.165, 1.54) is 31.3 Å². The van der Waals surface area contributed by atoms with E-state index in [2.05, 4.69) is 5.18 Å². The number of nitroso groups, excluding NO2 is 1. The summed E-state index contributed by atoms with van der Waals surface area (Å²) in [6.45, 7) is -0.215. The third-order valence-electron chi connectivity index (χ3n) is 4.70. The third kappa shape index (κ3) is 3.75. The zero-order chi connectivity index (χ0) is 19.8. The zero-order valence-electron chi connectivity index (χ0n) is 14.6. The van der Waals surface area contributed by atoms with Crippen molar-refractivity contribution in [2.75, 3.05) is 19.3 Å². The van der Waals surface area contributed by atoms with Gasteiger partial charge in [0.25, 0.3) is 0 Å². The summed E-state index contributed by atoms with van der Waals surface area (Å²) in [5, 5.41) is 13.5. The van der Waals surface area contributed by atoms with Gasteiger partial charge in [0, 0.05) is 18.5 Å². The number of fused-ring (bicyclic) bond motifs is 1. The lowest BCUT2D eigenvalue weighted by molar-refractivity contribution is 0.155. The Morgan fingerprint density at radius 2 is 2.07 bits per heavy atom.